The first-order valence-corrected chi connectivity index (χ1v) is 11.4. The predicted octanol–water partition coefficient (Wildman–Crippen LogP) is 4.07. The van der Waals surface area contributed by atoms with Crippen LogP contribution in [0.15, 0.2) is 72.8 Å². The van der Waals surface area contributed by atoms with E-state index in [9.17, 15) is 4.79 Å². The molecular weight excluding hydrogens is 414 g/mol. The molecule has 0 saturated carbocycles. The number of piperazine rings is 1. The Morgan fingerprint density at radius 3 is 2.06 bits per heavy atom. The molecule has 0 atom stereocenters. The number of anilines is 1. The van der Waals surface area contributed by atoms with Crippen LogP contribution in [0.25, 0.3) is 0 Å². The first-order chi connectivity index (χ1) is 16.2. The topological polar surface area (TPSA) is 54.0 Å². The minimum absolute atomic E-state index is 0.00640. The zero-order valence-electron chi connectivity index (χ0n) is 18.9. The molecule has 2 aliphatic heterocycles. The minimum Gasteiger partial charge on any atom is -0.454 e. The van der Waals surface area contributed by atoms with Gasteiger partial charge in [-0.1, -0.05) is 60.7 Å². The fourth-order valence-electron chi connectivity index (χ4n) is 4.64. The summed E-state index contributed by atoms with van der Waals surface area (Å²) in [5.41, 5.74) is 4.34. The molecule has 3 aromatic carbocycles. The molecule has 1 N–H and O–H groups in total. The molecule has 0 aliphatic carbocycles. The molecule has 1 amide bonds. The Morgan fingerprint density at radius 2 is 1.45 bits per heavy atom. The Balaban J connectivity index is 1.21. The van der Waals surface area contributed by atoms with Crippen molar-refractivity contribution in [1.29, 1.82) is 0 Å². The molecule has 1 fully saturated rings. The Hall–Kier alpha value is -3.35. The highest BCUT2D eigenvalue weighted by molar-refractivity contribution is 5.93. The largest absolute Gasteiger partial charge is 0.454 e. The Morgan fingerprint density at radius 1 is 0.879 bits per heavy atom. The number of carbonyl (C=O) groups is 1. The molecule has 6 heteroatoms. The van der Waals surface area contributed by atoms with Crippen molar-refractivity contribution in [1.82, 2.24) is 9.80 Å². The summed E-state index contributed by atoms with van der Waals surface area (Å²) in [4.78, 5) is 17.5. The number of ether oxygens (including phenoxy) is 2. The van der Waals surface area contributed by atoms with E-state index in [1.807, 2.05) is 19.1 Å². The molecule has 170 valence electrons. The summed E-state index contributed by atoms with van der Waals surface area (Å²) in [5, 5.41) is 3.04. The summed E-state index contributed by atoms with van der Waals surface area (Å²) in [6, 6.07) is 25.3. The van der Waals surface area contributed by atoms with Crippen molar-refractivity contribution in [2.24, 2.45) is 0 Å². The molecule has 2 aliphatic rings. The van der Waals surface area contributed by atoms with Crippen LogP contribution >= 0.6 is 0 Å². The average molecular weight is 444 g/mol. The highest BCUT2D eigenvalue weighted by atomic mass is 16.7. The summed E-state index contributed by atoms with van der Waals surface area (Å²) in [6.45, 7) is 6.08. The summed E-state index contributed by atoms with van der Waals surface area (Å²) < 4.78 is 10.8. The zero-order valence-corrected chi connectivity index (χ0v) is 18.9. The molecule has 3 aromatic rings. The van der Waals surface area contributed by atoms with E-state index in [1.165, 1.54) is 11.1 Å². The van der Waals surface area contributed by atoms with Crippen molar-refractivity contribution in [3.05, 3.63) is 89.5 Å². The van der Waals surface area contributed by atoms with Crippen molar-refractivity contribution in [3.63, 3.8) is 0 Å². The molecule has 0 aromatic heterocycles. The van der Waals surface area contributed by atoms with E-state index in [0.29, 0.717) is 12.3 Å². The third-order valence-corrected chi connectivity index (χ3v) is 6.36. The Kier molecular flexibility index (Phi) is 6.28. The van der Waals surface area contributed by atoms with Crippen LogP contribution in [0.3, 0.4) is 0 Å². The van der Waals surface area contributed by atoms with Gasteiger partial charge in [0, 0.05) is 37.9 Å². The lowest BCUT2D eigenvalue weighted by molar-refractivity contribution is -0.117. The van der Waals surface area contributed by atoms with Gasteiger partial charge in [-0.05, 0) is 29.7 Å². The van der Waals surface area contributed by atoms with Crippen LogP contribution in [0.2, 0.25) is 0 Å². The number of amides is 1. The van der Waals surface area contributed by atoms with Crippen LogP contribution in [0.1, 0.15) is 22.7 Å². The number of benzene rings is 3. The maximum atomic E-state index is 12.8. The van der Waals surface area contributed by atoms with Gasteiger partial charge in [-0.15, -0.1) is 0 Å². The second kappa shape index (κ2) is 9.65. The highest BCUT2D eigenvalue weighted by Gasteiger charge is 2.27. The summed E-state index contributed by atoms with van der Waals surface area (Å²) in [7, 11) is 0. The van der Waals surface area contributed by atoms with Crippen molar-refractivity contribution in [3.8, 4) is 11.5 Å². The van der Waals surface area contributed by atoms with Gasteiger partial charge in [0.05, 0.1) is 12.6 Å². The van der Waals surface area contributed by atoms with Crippen LogP contribution in [-0.2, 0) is 4.79 Å². The highest BCUT2D eigenvalue weighted by Crippen LogP contribution is 2.36. The van der Waals surface area contributed by atoms with Crippen LogP contribution in [0, 0.1) is 6.92 Å². The van der Waals surface area contributed by atoms with Crippen molar-refractivity contribution >= 4 is 11.6 Å². The molecule has 0 spiro atoms. The van der Waals surface area contributed by atoms with Gasteiger partial charge in [0.2, 0.25) is 12.7 Å². The molecule has 0 radical (unpaired) electrons. The molecule has 6 nitrogen and oxygen atoms in total. The number of nitrogens with one attached hydrogen (secondary N) is 1. The van der Waals surface area contributed by atoms with E-state index in [4.69, 9.17) is 9.47 Å². The van der Waals surface area contributed by atoms with E-state index in [-0.39, 0.29) is 18.7 Å². The van der Waals surface area contributed by atoms with Gasteiger partial charge in [-0.25, -0.2) is 0 Å². The molecule has 33 heavy (non-hydrogen) atoms. The first-order valence-electron chi connectivity index (χ1n) is 11.4. The third kappa shape index (κ3) is 4.87. The quantitative estimate of drug-likeness (QED) is 0.623. The fraction of sp³-hybridized carbons (Fsp3) is 0.296. The third-order valence-electron chi connectivity index (χ3n) is 6.36. The van der Waals surface area contributed by atoms with Gasteiger partial charge in [0.15, 0.2) is 11.5 Å². The summed E-state index contributed by atoms with van der Waals surface area (Å²) in [6.07, 6.45) is 0. The number of carbonyl (C=O) groups excluding carboxylic acids is 1. The minimum atomic E-state index is -0.00640. The van der Waals surface area contributed by atoms with Gasteiger partial charge < -0.3 is 14.8 Å². The Bertz CT molecular complexity index is 1060. The second-order valence-corrected chi connectivity index (χ2v) is 8.60. The van der Waals surface area contributed by atoms with E-state index < -0.39 is 0 Å². The number of aryl methyl sites for hydroxylation is 1. The predicted molar refractivity (Wildman–Crippen MR) is 129 cm³/mol. The van der Waals surface area contributed by atoms with Gasteiger partial charge in [0.25, 0.3) is 0 Å². The lowest BCUT2D eigenvalue weighted by atomic mass is 9.96. The van der Waals surface area contributed by atoms with Crippen LogP contribution < -0.4 is 14.8 Å². The molecule has 0 unspecified atom stereocenters. The van der Waals surface area contributed by atoms with Crippen LogP contribution in [0.4, 0.5) is 5.69 Å². The van der Waals surface area contributed by atoms with E-state index in [2.05, 4.69) is 75.8 Å². The molecule has 0 bridgehead atoms. The lowest BCUT2D eigenvalue weighted by Gasteiger charge is -2.39. The van der Waals surface area contributed by atoms with E-state index >= 15 is 0 Å². The molecular formula is C27H29N3O3. The number of hydrogen-bond acceptors (Lipinski definition) is 5. The standard InChI is InChI=1S/C27H29N3O3/c1-20-16-24-25(33-19-32-24)17-23(20)28-26(31)18-29-12-14-30(15-13-29)27(21-8-4-2-5-9-21)22-10-6-3-7-11-22/h2-11,16-17,27H,12-15,18-19H2,1H3,(H,28,31). The van der Waals surface area contributed by atoms with E-state index in [0.717, 1.165) is 43.2 Å². The number of nitrogens with zero attached hydrogens (tertiary/aromatic N) is 2. The Labute approximate surface area is 194 Å². The lowest BCUT2D eigenvalue weighted by Crippen LogP contribution is -2.49. The molecule has 2 heterocycles. The van der Waals surface area contributed by atoms with Crippen molar-refractivity contribution in [2.75, 3.05) is 44.8 Å². The van der Waals surface area contributed by atoms with Gasteiger partial charge in [-0.2, -0.15) is 0 Å². The number of fused-ring (bicyclic) bond motifs is 1. The maximum absolute atomic E-state index is 12.8. The second-order valence-electron chi connectivity index (χ2n) is 8.60. The monoisotopic (exact) mass is 443 g/mol. The van der Waals surface area contributed by atoms with Crippen LogP contribution in [-0.4, -0.2) is 55.2 Å². The molecule has 1 saturated heterocycles. The maximum Gasteiger partial charge on any atom is 0.238 e. The van der Waals surface area contributed by atoms with E-state index in [1.54, 1.807) is 0 Å². The van der Waals surface area contributed by atoms with Crippen LogP contribution in [0.5, 0.6) is 11.5 Å². The number of hydrogen-bond donors (Lipinski definition) is 1. The fourth-order valence-corrected chi connectivity index (χ4v) is 4.64. The first kappa shape index (κ1) is 21.5. The summed E-state index contributed by atoms with van der Waals surface area (Å²) in [5.74, 6) is 1.40. The van der Waals surface area contributed by atoms with Crippen molar-refractivity contribution < 1.29 is 14.3 Å². The summed E-state index contributed by atoms with van der Waals surface area (Å²) >= 11 is 0. The smallest absolute Gasteiger partial charge is 0.238 e. The normalized spacial score (nSPS) is 16.2. The van der Waals surface area contributed by atoms with Crippen molar-refractivity contribution in [2.45, 2.75) is 13.0 Å². The van der Waals surface area contributed by atoms with Gasteiger partial charge >= 0.3 is 0 Å². The average Bonchev–Trinajstić information content (AvgIpc) is 3.29. The molecule has 5 rings (SSSR count). The SMILES string of the molecule is Cc1cc2c(cc1NC(=O)CN1CCN(C(c3ccccc3)c3ccccc3)CC1)OCO2. The van der Waals surface area contributed by atoms with Gasteiger partial charge in [-0.3, -0.25) is 14.6 Å². The van der Waals surface area contributed by atoms with Gasteiger partial charge in [0.1, 0.15) is 0 Å². The number of rotatable bonds is 6. The zero-order chi connectivity index (χ0) is 22.6.